The molecule has 2 aliphatic heterocycles. The van der Waals surface area contributed by atoms with E-state index < -0.39 is 0 Å². The van der Waals surface area contributed by atoms with E-state index in [0.717, 1.165) is 48.7 Å². The first-order valence-electron chi connectivity index (χ1n) is 12.4. The Morgan fingerprint density at radius 3 is 2.89 bits per heavy atom. The zero-order valence-corrected chi connectivity index (χ0v) is 21.5. The van der Waals surface area contributed by atoms with E-state index in [0.29, 0.717) is 46.5 Å². The van der Waals surface area contributed by atoms with Crippen molar-refractivity contribution in [2.45, 2.75) is 38.8 Å². The smallest absolute Gasteiger partial charge is 0.260 e. The van der Waals surface area contributed by atoms with Crippen LogP contribution in [-0.4, -0.2) is 73.9 Å². The maximum absolute atomic E-state index is 13.3. The molecule has 6 rings (SSSR count). The Hall–Kier alpha value is -3.77. The van der Waals surface area contributed by atoms with Gasteiger partial charge in [0.2, 0.25) is 5.88 Å². The van der Waals surface area contributed by atoms with Crippen LogP contribution in [0.3, 0.4) is 0 Å². The van der Waals surface area contributed by atoms with Gasteiger partial charge in [-0.15, -0.1) is 11.3 Å². The van der Waals surface area contributed by atoms with Crippen molar-refractivity contribution < 1.29 is 14.3 Å². The number of hydrogen-bond acceptors (Lipinski definition) is 8. The molecular formula is C25H28N8O3S. The van der Waals surface area contributed by atoms with Crippen molar-refractivity contribution in [2.24, 2.45) is 0 Å². The first kappa shape index (κ1) is 23.6. The van der Waals surface area contributed by atoms with Crippen LogP contribution in [0.25, 0.3) is 15.3 Å². The van der Waals surface area contributed by atoms with Gasteiger partial charge in [-0.3, -0.25) is 14.6 Å². The molecule has 192 valence electrons. The lowest BCUT2D eigenvalue weighted by molar-refractivity contribution is 0.0942. The Morgan fingerprint density at radius 1 is 1.16 bits per heavy atom. The molecule has 1 fully saturated rings. The first-order chi connectivity index (χ1) is 18.0. The second-order valence-electron chi connectivity index (χ2n) is 9.49. The Morgan fingerprint density at radius 2 is 2.05 bits per heavy atom. The zero-order valence-electron chi connectivity index (χ0n) is 20.7. The van der Waals surface area contributed by atoms with Crippen LogP contribution in [0.1, 0.15) is 45.7 Å². The predicted octanol–water partition coefficient (Wildman–Crippen LogP) is 2.82. The van der Waals surface area contributed by atoms with Crippen LogP contribution < -0.4 is 15.4 Å². The van der Waals surface area contributed by atoms with E-state index in [9.17, 15) is 9.59 Å². The summed E-state index contributed by atoms with van der Waals surface area (Å²) in [5, 5.41) is 14.7. The molecule has 2 amide bonds. The van der Waals surface area contributed by atoms with E-state index >= 15 is 0 Å². The summed E-state index contributed by atoms with van der Waals surface area (Å²) in [5.74, 6) is 0.232. The maximum atomic E-state index is 13.3. The minimum atomic E-state index is -0.313. The highest BCUT2D eigenvalue weighted by Gasteiger charge is 2.24. The lowest BCUT2D eigenvalue weighted by atomic mass is 10.2. The number of amides is 2. The van der Waals surface area contributed by atoms with E-state index in [-0.39, 0.29) is 11.8 Å². The number of thiazole rings is 1. The molecule has 37 heavy (non-hydrogen) atoms. The molecule has 0 saturated carbocycles. The van der Waals surface area contributed by atoms with Crippen molar-refractivity contribution in [1.82, 2.24) is 34.6 Å². The van der Waals surface area contributed by atoms with Crippen LogP contribution in [0.2, 0.25) is 0 Å². The van der Waals surface area contributed by atoms with E-state index in [4.69, 9.17) is 4.74 Å². The van der Waals surface area contributed by atoms with Crippen LogP contribution in [0.4, 0.5) is 5.69 Å². The Labute approximate surface area is 217 Å². The van der Waals surface area contributed by atoms with Crippen molar-refractivity contribution in [3.8, 4) is 16.3 Å². The summed E-state index contributed by atoms with van der Waals surface area (Å²) in [4.78, 5) is 34.3. The van der Waals surface area contributed by atoms with Gasteiger partial charge < -0.3 is 20.3 Å². The topological polar surface area (TPSA) is 119 Å². The standard InChI is InChI=1S/C25H28N8O3S/c1-15-20(9-16(10-26-15)22(34)27-11-17-5-3-6-31(17)2)30-23(35)19-13-29-33-14-21(37-25(19)33)18-12-28-32-7-4-8-36-24(18)32/h9-10,12-14,17H,3-8,11H2,1-2H3,(H,27,34)(H,30,35). The van der Waals surface area contributed by atoms with Gasteiger partial charge >= 0.3 is 0 Å². The maximum Gasteiger partial charge on any atom is 0.260 e. The van der Waals surface area contributed by atoms with Crippen LogP contribution in [0.5, 0.6) is 5.88 Å². The number of carbonyl (C=O) groups is 2. The first-order valence-corrected chi connectivity index (χ1v) is 13.2. The fourth-order valence-corrected chi connectivity index (χ4v) is 5.89. The summed E-state index contributed by atoms with van der Waals surface area (Å²) >= 11 is 1.45. The summed E-state index contributed by atoms with van der Waals surface area (Å²) in [5.41, 5.74) is 2.86. The minimum absolute atomic E-state index is 0.203. The normalized spacial score (nSPS) is 17.5. The van der Waals surface area contributed by atoms with E-state index in [1.807, 2.05) is 10.9 Å². The molecule has 2 aliphatic rings. The molecule has 4 aromatic heterocycles. The number of pyridine rings is 1. The highest BCUT2D eigenvalue weighted by atomic mass is 32.1. The number of likely N-dealkylation sites (tertiary alicyclic amines) is 1. The summed E-state index contributed by atoms with van der Waals surface area (Å²) in [6.07, 6.45) is 9.91. The van der Waals surface area contributed by atoms with E-state index in [1.54, 1.807) is 29.9 Å². The van der Waals surface area contributed by atoms with E-state index in [2.05, 4.69) is 37.8 Å². The second-order valence-corrected chi connectivity index (χ2v) is 10.5. The lowest BCUT2D eigenvalue weighted by Gasteiger charge is -2.19. The van der Waals surface area contributed by atoms with Crippen molar-refractivity contribution in [3.63, 3.8) is 0 Å². The number of likely N-dealkylation sites (N-methyl/N-ethyl adjacent to an activating group) is 1. The fraction of sp³-hybridized carbons (Fsp3) is 0.400. The monoisotopic (exact) mass is 520 g/mol. The average Bonchev–Trinajstić information content (AvgIpc) is 3.67. The van der Waals surface area contributed by atoms with Gasteiger partial charge in [0.15, 0.2) is 0 Å². The molecular weight excluding hydrogens is 492 g/mol. The van der Waals surface area contributed by atoms with Gasteiger partial charge in [0, 0.05) is 37.9 Å². The number of aryl methyl sites for hydroxylation is 2. The highest BCUT2D eigenvalue weighted by molar-refractivity contribution is 7.21. The molecule has 1 saturated heterocycles. The van der Waals surface area contributed by atoms with Gasteiger partial charge in [-0.1, -0.05) is 0 Å². The molecule has 0 spiro atoms. The molecule has 6 heterocycles. The third kappa shape index (κ3) is 4.46. The number of carbonyl (C=O) groups excluding carboxylic acids is 2. The molecule has 0 aliphatic carbocycles. The summed E-state index contributed by atoms with van der Waals surface area (Å²) < 4.78 is 9.38. The number of ether oxygens (including phenoxy) is 1. The van der Waals surface area contributed by atoms with Gasteiger partial charge in [-0.05, 0) is 39.4 Å². The lowest BCUT2D eigenvalue weighted by Crippen LogP contribution is -2.38. The molecule has 0 aromatic carbocycles. The third-order valence-corrected chi connectivity index (χ3v) is 8.16. The molecule has 0 radical (unpaired) electrons. The third-order valence-electron chi connectivity index (χ3n) is 7.02. The van der Waals surface area contributed by atoms with Crippen molar-refractivity contribution in [3.05, 3.63) is 47.7 Å². The number of nitrogens with zero attached hydrogens (tertiary/aromatic N) is 6. The number of fused-ring (bicyclic) bond motifs is 2. The summed E-state index contributed by atoms with van der Waals surface area (Å²) in [7, 11) is 2.08. The van der Waals surface area contributed by atoms with Crippen molar-refractivity contribution in [2.75, 3.05) is 32.1 Å². The van der Waals surface area contributed by atoms with Crippen LogP contribution in [0, 0.1) is 6.92 Å². The number of anilines is 1. The van der Waals surface area contributed by atoms with Crippen molar-refractivity contribution >= 4 is 33.7 Å². The molecule has 2 N–H and O–H groups in total. The highest BCUT2D eigenvalue weighted by Crippen LogP contribution is 2.37. The Bertz CT molecular complexity index is 1490. The van der Waals surface area contributed by atoms with Crippen molar-refractivity contribution in [1.29, 1.82) is 0 Å². The van der Waals surface area contributed by atoms with Crippen LogP contribution >= 0.6 is 11.3 Å². The number of rotatable bonds is 6. The largest absolute Gasteiger partial charge is 0.477 e. The van der Waals surface area contributed by atoms with Gasteiger partial charge in [0.05, 0.1) is 51.9 Å². The summed E-state index contributed by atoms with van der Waals surface area (Å²) in [6.45, 7) is 4.93. The fourth-order valence-electron chi connectivity index (χ4n) is 4.83. The Kier molecular flexibility index (Phi) is 6.13. The molecule has 0 bridgehead atoms. The van der Waals surface area contributed by atoms with Crippen LogP contribution in [-0.2, 0) is 6.54 Å². The van der Waals surface area contributed by atoms with Gasteiger partial charge in [-0.25, -0.2) is 9.20 Å². The zero-order chi connectivity index (χ0) is 25.5. The minimum Gasteiger partial charge on any atom is -0.477 e. The van der Waals surface area contributed by atoms with E-state index in [1.165, 1.54) is 17.5 Å². The van der Waals surface area contributed by atoms with Gasteiger partial charge in [0.1, 0.15) is 4.83 Å². The number of hydrogen-bond donors (Lipinski definition) is 2. The molecule has 4 aromatic rings. The van der Waals surface area contributed by atoms with Gasteiger partial charge in [0.25, 0.3) is 11.8 Å². The quantitative estimate of drug-likeness (QED) is 0.401. The summed E-state index contributed by atoms with van der Waals surface area (Å²) in [6, 6.07) is 2.02. The average molecular weight is 521 g/mol. The molecule has 1 atom stereocenters. The number of nitrogens with one attached hydrogen (secondary N) is 2. The molecule has 1 unspecified atom stereocenters. The number of aromatic nitrogens is 5. The Balaban J connectivity index is 1.19. The molecule has 12 heteroatoms. The molecule has 11 nitrogen and oxygen atoms in total. The second kappa shape index (κ2) is 9.60. The van der Waals surface area contributed by atoms with Crippen LogP contribution in [0.15, 0.2) is 30.9 Å². The SMILES string of the molecule is Cc1ncc(C(=O)NCC2CCCN2C)cc1NC(=O)c1cnn2cc(-c3cnn4c3OCCC4)sc12. The predicted molar refractivity (Wildman–Crippen MR) is 139 cm³/mol. The van der Waals surface area contributed by atoms with Gasteiger partial charge in [-0.2, -0.15) is 10.2 Å².